The van der Waals surface area contributed by atoms with E-state index in [0.29, 0.717) is 0 Å². The number of aryl methyl sites for hydroxylation is 2. The van der Waals surface area contributed by atoms with Gasteiger partial charge in [-0.25, -0.2) is 0 Å². The van der Waals surface area contributed by atoms with Gasteiger partial charge in [-0.1, -0.05) is 5.92 Å². The summed E-state index contributed by atoms with van der Waals surface area (Å²) >= 11 is 1.92. The Labute approximate surface area is 120 Å². The van der Waals surface area contributed by atoms with Crippen molar-refractivity contribution in [2.45, 2.75) is 58.9 Å². The van der Waals surface area contributed by atoms with Gasteiger partial charge in [0.1, 0.15) is 0 Å². The highest BCUT2D eigenvalue weighted by molar-refractivity contribution is 7.12. The third-order valence-corrected chi connectivity index (χ3v) is 4.68. The molecule has 0 saturated carbocycles. The standard InChI is InChI=1S/C16H24N2S/c1-16(2,3)10-6-8-13(18-17)15-11-12-7-4-5-9-14(12)19-15/h11,13,18H,4-5,7-9,17H2,1-3H3. The van der Waals surface area contributed by atoms with Crippen LogP contribution in [0.2, 0.25) is 0 Å². The lowest BCUT2D eigenvalue weighted by Gasteiger charge is -2.11. The van der Waals surface area contributed by atoms with E-state index in [0.717, 1.165) is 6.42 Å². The van der Waals surface area contributed by atoms with Gasteiger partial charge < -0.3 is 0 Å². The third-order valence-electron chi connectivity index (χ3n) is 3.33. The molecule has 0 fully saturated rings. The van der Waals surface area contributed by atoms with E-state index in [9.17, 15) is 0 Å². The monoisotopic (exact) mass is 276 g/mol. The summed E-state index contributed by atoms with van der Waals surface area (Å²) in [6.07, 6.45) is 5.92. The number of thiophene rings is 1. The van der Waals surface area contributed by atoms with Crippen LogP contribution in [0.4, 0.5) is 0 Å². The van der Waals surface area contributed by atoms with Crippen LogP contribution in [0.25, 0.3) is 0 Å². The SMILES string of the molecule is CC(C)(C)C#CCC(NN)c1cc2c(s1)CCCC2. The molecular formula is C16H24N2S. The van der Waals surface area contributed by atoms with Crippen LogP contribution in [0.15, 0.2) is 6.07 Å². The first kappa shape index (κ1) is 14.6. The number of hydrazine groups is 1. The van der Waals surface area contributed by atoms with Gasteiger partial charge in [-0.2, -0.15) is 0 Å². The molecule has 1 aliphatic rings. The predicted octanol–water partition coefficient (Wildman–Crippen LogP) is 3.57. The zero-order valence-corrected chi connectivity index (χ0v) is 13.0. The van der Waals surface area contributed by atoms with Gasteiger partial charge >= 0.3 is 0 Å². The molecule has 0 saturated heterocycles. The molecule has 0 spiro atoms. The highest BCUT2D eigenvalue weighted by Gasteiger charge is 2.18. The van der Waals surface area contributed by atoms with Gasteiger partial charge in [0.15, 0.2) is 0 Å². The van der Waals surface area contributed by atoms with Gasteiger partial charge in [-0.05, 0) is 58.1 Å². The van der Waals surface area contributed by atoms with Crippen molar-refractivity contribution in [2.75, 3.05) is 0 Å². The predicted molar refractivity (Wildman–Crippen MR) is 82.9 cm³/mol. The summed E-state index contributed by atoms with van der Waals surface area (Å²) in [6.45, 7) is 6.40. The van der Waals surface area contributed by atoms with Crippen molar-refractivity contribution in [1.82, 2.24) is 5.43 Å². The van der Waals surface area contributed by atoms with E-state index in [1.807, 2.05) is 11.3 Å². The molecule has 0 radical (unpaired) electrons. The van der Waals surface area contributed by atoms with Crippen molar-refractivity contribution in [2.24, 2.45) is 11.3 Å². The van der Waals surface area contributed by atoms with Crippen LogP contribution in [0, 0.1) is 17.3 Å². The molecule has 2 nitrogen and oxygen atoms in total. The minimum Gasteiger partial charge on any atom is -0.271 e. The fourth-order valence-electron chi connectivity index (χ4n) is 2.35. The molecule has 3 N–H and O–H groups in total. The van der Waals surface area contributed by atoms with E-state index in [4.69, 9.17) is 5.84 Å². The molecule has 0 aromatic carbocycles. The van der Waals surface area contributed by atoms with Crippen molar-refractivity contribution in [1.29, 1.82) is 0 Å². The lowest BCUT2D eigenvalue weighted by Crippen LogP contribution is -2.27. The largest absolute Gasteiger partial charge is 0.271 e. The molecule has 1 aromatic rings. The maximum absolute atomic E-state index is 5.70. The van der Waals surface area contributed by atoms with Crippen LogP contribution in [0.5, 0.6) is 0 Å². The Hall–Kier alpha value is -0.820. The maximum Gasteiger partial charge on any atom is 0.0662 e. The molecular weight excluding hydrogens is 252 g/mol. The minimum atomic E-state index is 0.0633. The topological polar surface area (TPSA) is 38.0 Å². The second kappa shape index (κ2) is 6.09. The number of hydrogen-bond donors (Lipinski definition) is 2. The van der Waals surface area contributed by atoms with Crippen molar-refractivity contribution < 1.29 is 0 Å². The molecule has 0 bridgehead atoms. The molecule has 3 heteroatoms. The van der Waals surface area contributed by atoms with Crippen LogP contribution in [-0.4, -0.2) is 0 Å². The van der Waals surface area contributed by atoms with Gasteiger partial charge in [0.25, 0.3) is 0 Å². The Bertz CT molecular complexity index is 462. The molecule has 0 amide bonds. The molecule has 104 valence electrons. The number of rotatable bonds is 3. The zero-order chi connectivity index (χ0) is 13.9. The summed E-state index contributed by atoms with van der Waals surface area (Å²) in [4.78, 5) is 2.91. The summed E-state index contributed by atoms with van der Waals surface area (Å²) in [6, 6.07) is 2.51. The summed E-state index contributed by atoms with van der Waals surface area (Å²) in [5.74, 6) is 12.2. The quantitative estimate of drug-likeness (QED) is 0.503. The first-order valence-electron chi connectivity index (χ1n) is 7.07. The van der Waals surface area contributed by atoms with Crippen molar-refractivity contribution >= 4 is 11.3 Å². The van der Waals surface area contributed by atoms with E-state index in [-0.39, 0.29) is 11.5 Å². The Balaban J connectivity index is 2.08. The zero-order valence-electron chi connectivity index (χ0n) is 12.2. The van der Waals surface area contributed by atoms with Crippen molar-refractivity contribution in [3.8, 4) is 11.8 Å². The first-order valence-corrected chi connectivity index (χ1v) is 7.89. The van der Waals surface area contributed by atoms with E-state index < -0.39 is 0 Å². The molecule has 19 heavy (non-hydrogen) atoms. The number of fused-ring (bicyclic) bond motifs is 1. The highest BCUT2D eigenvalue weighted by Crippen LogP contribution is 2.33. The van der Waals surface area contributed by atoms with E-state index >= 15 is 0 Å². The number of nitrogens with two attached hydrogens (primary N) is 1. The van der Waals surface area contributed by atoms with E-state index in [1.165, 1.54) is 36.1 Å². The lowest BCUT2D eigenvalue weighted by molar-refractivity contribution is 0.559. The fraction of sp³-hybridized carbons (Fsp3) is 0.625. The molecule has 1 atom stereocenters. The van der Waals surface area contributed by atoms with Crippen LogP contribution >= 0.6 is 11.3 Å². The second-order valence-corrected chi connectivity index (χ2v) is 7.45. The molecule has 2 rings (SSSR count). The van der Waals surface area contributed by atoms with Crippen LogP contribution in [0.1, 0.15) is 61.4 Å². The number of hydrogen-bond acceptors (Lipinski definition) is 3. The van der Waals surface area contributed by atoms with Crippen LogP contribution in [0.3, 0.4) is 0 Å². The molecule has 1 heterocycles. The molecule has 1 aromatic heterocycles. The third kappa shape index (κ3) is 4.07. The lowest BCUT2D eigenvalue weighted by atomic mass is 9.97. The van der Waals surface area contributed by atoms with Crippen LogP contribution < -0.4 is 11.3 Å². The van der Waals surface area contributed by atoms with Crippen molar-refractivity contribution in [3.05, 3.63) is 21.4 Å². The summed E-state index contributed by atoms with van der Waals surface area (Å²) in [7, 11) is 0. The minimum absolute atomic E-state index is 0.0633. The Kier molecular flexibility index (Phi) is 4.67. The van der Waals surface area contributed by atoms with Gasteiger partial charge in [0.05, 0.1) is 6.04 Å². The van der Waals surface area contributed by atoms with Gasteiger partial charge in [-0.15, -0.1) is 17.3 Å². The summed E-state index contributed by atoms with van der Waals surface area (Å²) < 4.78 is 0. The molecule has 0 aliphatic heterocycles. The Morgan fingerprint density at radius 1 is 1.37 bits per heavy atom. The van der Waals surface area contributed by atoms with Gasteiger partial charge in [0, 0.05) is 21.6 Å². The molecule has 1 aliphatic carbocycles. The second-order valence-electron chi connectivity index (χ2n) is 6.28. The van der Waals surface area contributed by atoms with E-state index in [1.54, 1.807) is 4.88 Å². The first-order chi connectivity index (χ1) is 8.99. The smallest absolute Gasteiger partial charge is 0.0662 e. The van der Waals surface area contributed by atoms with Gasteiger partial charge in [0.2, 0.25) is 0 Å². The summed E-state index contributed by atoms with van der Waals surface area (Å²) in [5.41, 5.74) is 4.52. The Morgan fingerprint density at radius 2 is 2.11 bits per heavy atom. The number of nitrogens with one attached hydrogen (secondary N) is 1. The van der Waals surface area contributed by atoms with Crippen molar-refractivity contribution in [3.63, 3.8) is 0 Å². The summed E-state index contributed by atoms with van der Waals surface area (Å²) in [5, 5.41) is 0. The average Bonchev–Trinajstić information content (AvgIpc) is 2.76. The van der Waals surface area contributed by atoms with E-state index in [2.05, 4.69) is 44.1 Å². The fourth-order valence-corrected chi connectivity index (χ4v) is 3.66. The average molecular weight is 276 g/mol. The maximum atomic E-state index is 5.70. The normalized spacial score (nSPS) is 16.4. The van der Waals surface area contributed by atoms with Crippen LogP contribution in [-0.2, 0) is 12.8 Å². The van der Waals surface area contributed by atoms with Gasteiger partial charge in [-0.3, -0.25) is 11.3 Å². The highest BCUT2D eigenvalue weighted by atomic mass is 32.1. The Morgan fingerprint density at radius 3 is 2.74 bits per heavy atom. The molecule has 1 unspecified atom stereocenters.